The fraction of sp³-hybridized carbons (Fsp3) is 0.682. The van der Waals surface area contributed by atoms with Crippen LogP contribution in [0.1, 0.15) is 68.8 Å². The Hall–Kier alpha value is -2.15. The van der Waals surface area contributed by atoms with Gasteiger partial charge in [-0.1, -0.05) is 0 Å². The molecule has 2 aromatic heterocycles. The molecular formula is C22H31N5O2. The predicted molar refractivity (Wildman–Crippen MR) is 109 cm³/mol. The molecule has 2 atom stereocenters. The first-order valence-electron chi connectivity index (χ1n) is 10.8. The van der Waals surface area contributed by atoms with Gasteiger partial charge >= 0.3 is 0 Å². The smallest absolute Gasteiger partial charge is 0.256 e. The standard InChI is InChI=1S/C22H31N5O2/c1-13-10-23-26(12-13)20-17(11-24-27(20)21(2,3)4)19(28)25-18-15-5-14-6-16(18)9-22(29,7-14)8-15/h10-12,14-16,18,29H,5-9H2,1-4H3,(H,25,28). The summed E-state index contributed by atoms with van der Waals surface area (Å²) >= 11 is 0. The summed E-state index contributed by atoms with van der Waals surface area (Å²) in [5.74, 6) is 1.99. The number of amides is 1. The van der Waals surface area contributed by atoms with Gasteiger partial charge in [0.25, 0.3) is 5.91 Å². The number of nitrogens with zero attached hydrogens (tertiary/aromatic N) is 4. The molecule has 4 bridgehead atoms. The first kappa shape index (κ1) is 18.9. The van der Waals surface area contributed by atoms with Gasteiger partial charge in [-0.05, 0) is 83.1 Å². The van der Waals surface area contributed by atoms with Crippen molar-refractivity contribution in [3.63, 3.8) is 0 Å². The molecule has 2 unspecified atom stereocenters. The molecule has 6 rings (SSSR count). The van der Waals surface area contributed by atoms with Gasteiger partial charge in [-0.15, -0.1) is 0 Å². The molecule has 4 aliphatic carbocycles. The van der Waals surface area contributed by atoms with Gasteiger partial charge in [-0.25, -0.2) is 9.36 Å². The summed E-state index contributed by atoms with van der Waals surface area (Å²) in [4.78, 5) is 13.4. The average Bonchev–Trinajstić information content (AvgIpc) is 3.22. The lowest BCUT2D eigenvalue weighted by Gasteiger charge is -2.58. The number of hydrogen-bond donors (Lipinski definition) is 2. The van der Waals surface area contributed by atoms with Gasteiger partial charge in [0.15, 0.2) is 5.82 Å². The highest BCUT2D eigenvalue weighted by molar-refractivity contribution is 5.97. The van der Waals surface area contributed by atoms with E-state index < -0.39 is 5.60 Å². The number of hydrogen-bond acceptors (Lipinski definition) is 4. The molecule has 7 nitrogen and oxygen atoms in total. The second-order valence-corrected chi connectivity index (χ2v) is 10.6. The maximum Gasteiger partial charge on any atom is 0.256 e. The van der Waals surface area contributed by atoms with Gasteiger partial charge in [0.05, 0.1) is 23.5 Å². The molecule has 0 aliphatic heterocycles. The zero-order valence-electron chi connectivity index (χ0n) is 17.7. The fourth-order valence-corrected chi connectivity index (χ4v) is 6.19. The van der Waals surface area contributed by atoms with E-state index in [0.29, 0.717) is 29.1 Å². The van der Waals surface area contributed by atoms with Gasteiger partial charge < -0.3 is 10.4 Å². The number of nitrogens with one attached hydrogen (secondary N) is 1. The second kappa shape index (κ2) is 6.17. The molecule has 29 heavy (non-hydrogen) atoms. The number of aliphatic hydroxyl groups is 1. The van der Waals surface area contributed by atoms with Crippen molar-refractivity contribution in [2.24, 2.45) is 17.8 Å². The van der Waals surface area contributed by atoms with Crippen LogP contribution in [-0.2, 0) is 5.54 Å². The van der Waals surface area contributed by atoms with Crippen LogP contribution in [0.3, 0.4) is 0 Å². The van der Waals surface area contributed by atoms with Gasteiger partial charge in [0, 0.05) is 12.2 Å². The van der Waals surface area contributed by atoms with E-state index in [4.69, 9.17) is 0 Å². The van der Waals surface area contributed by atoms with Crippen LogP contribution in [0.2, 0.25) is 0 Å². The van der Waals surface area contributed by atoms with E-state index in [1.807, 2.05) is 17.8 Å². The number of rotatable bonds is 3. The average molecular weight is 398 g/mol. The summed E-state index contributed by atoms with van der Waals surface area (Å²) in [6.07, 6.45) is 10.2. The number of aryl methyl sites for hydroxylation is 1. The highest BCUT2D eigenvalue weighted by Crippen LogP contribution is 2.55. The van der Waals surface area contributed by atoms with Gasteiger partial charge in [-0.2, -0.15) is 10.2 Å². The summed E-state index contributed by atoms with van der Waals surface area (Å²) in [5, 5.41) is 23.1. The molecule has 2 aromatic rings. The van der Waals surface area contributed by atoms with Crippen LogP contribution >= 0.6 is 0 Å². The monoisotopic (exact) mass is 397 g/mol. The van der Waals surface area contributed by atoms with Gasteiger partial charge in [0.2, 0.25) is 0 Å². The minimum Gasteiger partial charge on any atom is -0.390 e. The fourth-order valence-electron chi connectivity index (χ4n) is 6.19. The molecule has 4 fully saturated rings. The van der Waals surface area contributed by atoms with Crippen molar-refractivity contribution in [1.82, 2.24) is 24.9 Å². The quantitative estimate of drug-likeness (QED) is 0.834. The molecule has 0 saturated heterocycles. The van der Waals surface area contributed by atoms with E-state index in [1.165, 1.54) is 0 Å². The topological polar surface area (TPSA) is 85.0 Å². The van der Waals surface area contributed by atoms with Crippen molar-refractivity contribution in [2.75, 3.05) is 0 Å². The van der Waals surface area contributed by atoms with E-state index in [9.17, 15) is 9.90 Å². The lowest BCUT2D eigenvalue weighted by molar-refractivity contribution is -0.136. The molecule has 2 heterocycles. The molecule has 0 radical (unpaired) electrons. The van der Waals surface area contributed by atoms with Gasteiger partial charge in [-0.3, -0.25) is 4.79 Å². The Morgan fingerprint density at radius 1 is 1.17 bits per heavy atom. The third-order valence-electron chi connectivity index (χ3n) is 7.09. The van der Waals surface area contributed by atoms with E-state index >= 15 is 0 Å². The summed E-state index contributed by atoms with van der Waals surface area (Å²) < 4.78 is 3.62. The SMILES string of the molecule is Cc1cnn(-c2c(C(=O)NC3C4CC5CC3CC(O)(C5)C4)cnn2C(C)(C)C)c1. The first-order chi connectivity index (χ1) is 13.6. The van der Waals surface area contributed by atoms with Crippen LogP contribution in [0.15, 0.2) is 18.6 Å². The van der Waals surface area contributed by atoms with Crippen LogP contribution in [-0.4, -0.2) is 42.2 Å². The normalized spacial score (nSPS) is 33.3. The van der Waals surface area contributed by atoms with E-state index in [1.54, 1.807) is 17.1 Å². The predicted octanol–water partition coefficient (Wildman–Crippen LogP) is 2.80. The van der Waals surface area contributed by atoms with E-state index in [-0.39, 0.29) is 17.5 Å². The molecule has 7 heteroatoms. The van der Waals surface area contributed by atoms with Crippen LogP contribution in [0.25, 0.3) is 5.82 Å². The summed E-state index contributed by atoms with van der Waals surface area (Å²) in [5.41, 5.74) is 0.814. The molecule has 1 amide bonds. The summed E-state index contributed by atoms with van der Waals surface area (Å²) in [6.45, 7) is 8.19. The van der Waals surface area contributed by atoms with Crippen molar-refractivity contribution in [3.05, 3.63) is 29.7 Å². The summed E-state index contributed by atoms with van der Waals surface area (Å²) in [7, 11) is 0. The van der Waals surface area contributed by atoms with Crippen molar-refractivity contribution >= 4 is 5.91 Å². The van der Waals surface area contributed by atoms with Gasteiger partial charge in [0.1, 0.15) is 5.56 Å². The Labute approximate surface area is 171 Å². The van der Waals surface area contributed by atoms with Crippen LogP contribution in [0.5, 0.6) is 0 Å². The number of carbonyl (C=O) groups excluding carboxylic acids is 1. The summed E-state index contributed by atoms with van der Waals surface area (Å²) in [6, 6.07) is 0.143. The minimum absolute atomic E-state index is 0.0897. The third-order valence-corrected chi connectivity index (χ3v) is 7.09. The Morgan fingerprint density at radius 2 is 1.86 bits per heavy atom. The zero-order chi connectivity index (χ0) is 20.6. The highest BCUT2D eigenvalue weighted by Gasteiger charge is 2.55. The Balaban J connectivity index is 1.46. The highest BCUT2D eigenvalue weighted by atomic mass is 16.3. The second-order valence-electron chi connectivity index (χ2n) is 10.6. The molecule has 0 spiro atoms. The number of carbonyl (C=O) groups is 1. The zero-order valence-corrected chi connectivity index (χ0v) is 17.7. The molecule has 4 saturated carbocycles. The molecule has 2 N–H and O–H groups in total. The van der Waals surface area contributed by atoms with E-state index in [2.05, 4.69) is 36.3 Å². The molecule has 0 aromatic carbocycles. The number of aromatic nitrogens is 4. The van der Waals surface area contributed by atoms with Crippen molar-refractivity contribution in [2.45, 2.75) is 77.0 Å². The van der Waals surface area contributed by atoms with E-state index in [0.717, 1.165) is 37.7 Å². The minimum atomic E-state index is -0.493. The first-order valence-corrected chi connectivity index (χ1v) is 10.8. The lowest BCUT2D eigenvalue weighted by Crippen LogP contribution is -2.61. The largest absolute Gasteiger partial charge is 0.390 e. The van der Waals surface area contributed by atoms with Crippen molar-refractivity contribution in [3.8, 4) is 5.82 Å². The maximum absolute atomic E-state index is 13.4. The lowest BCUT2D eigenvalue weighted by atomic mass is 9.52. The van der Waals surface area contributed by atoms with Crippen LogP contribution in [0.4, 0.5) is 0 Å². The Bertz CT molecular complexity index is 937. The Morgan fingerprint density at radius 3 is 2.41 bits per heavy atom. The van der Waals surface area contributed by atoms with Crippen molar-refractivity contribution < 1.29 is 9.90 Å². The van der Waals surface area contributed by atoms with Crippen molar-refractivity contribution in [1.29, 1.82) is 0 Å². The Kier molecular flexibility index (Phi) is 4.01. The third kappa shape index (κ3) is 3.10. The molecule has 4 aliphatic rings. The van der Waals surface area contributed by atoms with Crippen LogP contribution in [0, 0.1) is 24.7 Å². The molecular weight excluding hydrogens is 366 g/mol. The van der Waals surface area contributed by atoms with Crippen LogP contribution < -0.4 is 5.32 Å². The molecule has 156 valence electrons. The maximum atomic E-state index is 13.4.